The lowest BCUT2D eigenvalue weighted by Crippen LogP contribution is -2.08. The Morgan fingerprint density at radius 1 is 0.792 bits per heavy atom. The summed E-state index contributed by atoms with van der Waals surface area (Å²) in [5.74, 6) is -6.52. The van der Waals surface area contributed by atoms with Crippen molar-refractivity contribution in [3.05, 3.63) is 64.5 Å². The fourth-order valence-corrected chi connectivity index (χ4v) is 2.11. The van der Waals surface area contributed by atoms with Crippen LogP contribution in [-0.2, 0) is 6.42 Å². The quantitative estimate of drug-likeness (QED) is 0.242. The van der Waals surface area contributed by atoms with Crippen LogP contribution in [0.15, 0.2) is 24.3 Å². The minimum atomic E-state index is -2.15. The predicted octanol–water partition coefficient (Wildman–Crippen LogP) is 4.77. The summed E-state index contributed by atoms with van der Waals surface area (Å²) in [6.07, 6.45) is 5.54. The Bertz CT molecular complexity index is 733. The highest BCUT2D eigenvalue weighted by Gasteiger charge is 2.24. The molecule has 0 bridgehead atoms. The molecule has 0 radical (unpaired) electrons. The second-order valence-electron chi connectivity index (χ2n) is 5.02. The second kappa shape index (κ2) is 7.82. The minimum absolute atomic E-state index is 0.209. The number of rotatable bonds is 6. The molecule has 126 valence electrons. The SMILES string of the molecule is C#Cc1ccc(OCCCCc2c(F)c(F)c(F)c(F)c2F)cc1. The first-order valence-corrected chi connectivity index (χ1v) is 7.15. The van der Waals surface area contributed by atoms with Crippen molar-refractivity contribution in [3.8, 4) is 18.1 Å². The van der Waals surface area contributed by atoms with Gasteiger partial charge in [-0.3, -0.25) is 0 Å². The van der Waals surface area contributed by atoms with Crippen LogP contribution in [0.2, 0.25) is 0 Å². The van der Waals surface area contributed by atoms with Crippen molar-refractivity contribution in [1.29, 1.82) is 0 Å². The highest BCUT2D eigenvalue weighted by molar-refractivity contribution is 5.36. The van der Waals surface area contributed by atoms with Crippen molar-refractivity contribution in [3.63, 3.8) is 0 Å². The van der Waals surface area contributed by atoms with Crippen LogP contribution in [0.4, 0.5) is 22.0 Å². The van der Waals surface area contributed by atoms with Crippen LogP contribution >= 0.6 is 0 Å². The van der Waals surface area contributed by atoms with E-state index in [-0.39, 0.29) is 19.4 Å². The highest BCUT2D eigenvalue weighted by atomic mass is 19.2. The smallest absolute Gasteiger partial charge is 0.200 e. The van der Waals surface area contributed by atoms with Gasteiger partial charge in [0.1, 0.15) is 5.75 Å². The highest BCUT2D eigenvalue weighted by Crippen LogP contribution is 2.24. The molecule has 2 rings (SSSR count). The van der Waals surface area contributed by atoms with Gasteiger partial charge in [-0.25, -0.2) is 22.0 Å². The summed E-state index contributed by atoms with van der Waals surface area (Å²) in [7, 11) is 0. The summed E-state index contributed by atoms with van der Waals surface area (Å²) >= 11 is 0. The lowest BCUT2D eigenvalue weighted by atomic mass is 10.1. The third-order valence-corrected chi connectivity index (χ3v) is 3.41. The molecule has 0 aliphatic heterocycles. The van der Waals surface area contributed by atoms with Gasteiger partial charge in [-0.2, -0.15) is 0 Å². The van der Waals surface area contributed by atoms with E-state index in [0.29, 0.717) is 17.7 Å². The maximum Gasteiger partial charge on any atom is 0.200 e. The van der Waals surface area contributed by atoms with Crippen LogP contribution in [0.5, 0.6) is 5.75 Å². The number of ether oxygens (including phenoxy) is 1. The van der Waals surface area contributed by atoms with Crippen molar-refractivity contribution in [1.82, 2.24) is 0 Å². The molecule has 0 aliphatic rings. The molecule has 24 heavy (non-hydrogen) atoms. The summed E-state index contributed by atoms with van der Waals surface area (Å²) < 4.78 is 71.4. The molecule has 6 heteroatoms. The van der Waals surface area contributed by atoms with Crippen molar-refractivity contribution in [2.75, 3.05) is 6.61 Å². The van der Waals surface area contributed by atoms with Crippen LogP contribution in [0.3, 0.4) is 0 Å². The van der Waals surface area contributed by atoms with Gasteiger partial charge in [0.25, 0.3) is 0 Å². The van der Waals surface area contributed by atoms with Gasteiger partial charge in [-0.05, 0) is 43.5 Å². The van der Waals surface area contributed by atoms with Crippen LogP contribution in [0.25, 0.3) is 0 Å². The number of hydrogen-bond donors (Lipinski definition) is 0. The summed E-state index contributed by atoms with van der Waals surface area (Å²) in [6, 6.07) is 6.76. The Kier molecular flexibility index (Phi) is 5.80. The first-order valence-electron chi connectivity index (χ1n) is 7.15. The van der Waals surface area contributed by atoms with Gasteiger partial charge < -0.3 is 4.74 Å². The predicted molar refractivity (Wildman–Crippen MR) is 79.0 cm³/mol. The Morgan fingerprint density at radius 3 is 1.88 bits per heavy atom. The molecule has 0 aromatic heterocycles. The first kappa shape index (κ1) is 17.8. The van der Waals surface area contributed by atoms with Crippen molar-refractivity contribution in [2.24, 2.45) is 0 Å². The normalized spacial score (nSPS) is 10.5. The molecule has 0 fully saturated rings. The number of terminal acetylenes is 1. The Morgan fingerprint density at radius 2 is 1.33 bits per heavy atom. The van der Waals surface area contributed by atoms with Crippen LogP contribution in [-0.4, -0.2) is 6.61 Å². The van der Waals surface area contributed by atoms with Crippen LogP contribution in [0, 0.1) is 41.4 Å². The monoisotopic (exact) mass is 340 g/mol. The minimum Gasteiger partial charge on any atom is -0.494 e. The molecule has 0 atom stereocenters. The molecule has 2 aromatic carbocycles. The van der Waals surface area contributed by atoms with E-state index < -0.39 is 34.6 Å². The zero-order chi connectivity index (χ0) is 17.7. The zero-order valence-electron chi connectivity index (χ0n) is 12.5. The van der Waals surface area contributed by atoms with Crippen molar-refractivity contribution < 1.29 is 26.7 Å². The zero-order valence-corrected chi connectivity index (χ0v) is 12.5. The standard InChI is InChI=1S/C18H13F5O/c1-2-11-6-8-12(9-7-11)24-10-4-3-5-13-14(19)16(21)18(23)17(22)15(13)20/h1,6-9H,3-5,10H2. The number of hydrogen-bond acceptors (Lipinski definition) is 1. The van der Waals surface area contributed by atoms with Gasteiger partial charge in [-0.1, -0.05) is 5.92 Å². The molecule has 0 unspecified atom stereocenters. The maximum atomic E-state index is 13.5. The molecule has 1 nitrogen and oxygen atoms in total. The van der Waals surface area contributed by atoms with E-state index in [4.69, 9.17) is 11.2 Å². The van der Waals surface area contributed by atoms with E-state index in [0.717, 1.165) is 0 Å². The molecular weight excluding hydrogens is 327 g/mol. The van der Waals surface area contributed by atoms with E-state index in [9.17, 15) is 22.0 Å². The maximum absolute atomic E-state index is 13.5. The average Bonchev–Trinajstić information content (AvgIpc) is 2.61. The second-order valence-corrected chi connectivity index (χ2v) is 5.02. The molecule has 0 saturated carbocycles. The van der Waals surface area contributed by atoms with Gasteiger partial charge >= 0.3 is 0 Å². The summed E-state index contributed by atoms with van der Waals surface area (Å²) in [5.41, 5.74) is -0.0987. The Hall–Kier alpha value is -2.55. The van der Waals surface area contributed by atoms with Crippen molar-refractivity contribution in [2.45, 2.75) is 19.3 Å². The molecule has 0 heterocycles. The molecular formula is C18H13F5O. The van der Waals surface area contributed by atoms with E-state index in [2.05, 4.69) is 5.92 Å². The first-order chi connectivity index (χ1) is 11.5. The number of benzene rings is 2. The summed E-state index contributed by atoms with van der Waals surface area (Å²) in [6.45, 7) is 0.241. The fraction of sp³-hybridized carbons (Fsp3) is 0.222. The lowest BCUT2D eigenvalue weighted by molar-refractivity contribution is 0.305. The van der Waals surface area contributed by atoms with E-state index in [1.807, 2.05) is 0 Å². The largest absolute Gasteiger partial charge is 0.494 e. The molecule has 0 N–H and O–H groups in total. The van der Waals surface area contributed by atoms with Gasteiger partial charge in [0, 0.05) is 11.1 Å². The van der Waals surface area contributed by atoms with Gasteiger partial charge in [0.05, 0.1) is 6.61 Å². The number of unbranched alkanes of at least 4 members (excludes halogenated alkanes) is 1. The van der Waals surface area contributed by atoms with E-state index in [1.54, 1.807) is 24.3 Å². The average molecular weight is 340 g/mol. The Labute approximate surface area is 136 Å². The molecule has 0 amide bonds. The lowest BCUT2D eigenvalue weighted by Gasteiger charge is -2.09. The summed E-state index contributed by atoms with van der Waals surface area (Å²) in [4.78, 5) is 0. The summed E-state index contributed by atoms with van der Waals surface area (Å²) in [5, 5.41) is 0. The van der Waals surface area contributed by atoms with Gasteiger partial charge in [0.15, 0.2) is 23.3 Å². The Balaban J connectivity index is 1.88. The van der Waals surface area contributed by atoms with Gasteiger partial charge in [-0.15, -0.1) is 6.42 Å². The molecule has 0 aliphatic carbocycles. The molecule has 0 saturated heterocycles. The van der Waals surface area contributed by atoms with E-state index >= 15 is 0 Å². The molecule has 2 aromatic rings. The third-order valence-electron chi connectivity index (χ3n) is 3.41. The van der Waals surface area contributed by atoms with Gasteiger partial charge in [0.2, 0.25) is 5.82 Å². The van der Waals surface area contributed by atoms with Crippen LogP contribution in [0.1, 0.15) is 24.0 Å². The number of halogens is 5. The topological polar surface area (TPSA) is 9.23 Å². The fourth-order valence-electron chi connectivity index (χ4n) is 2.11. The van der Waals surface area contributed by atoms with Crippen molar-refractivity contribution >= 4 is 0 Å². The molecule has 0 spiro atoms. The van der Waals surface area contributed by atoms with Crippen LogP contribution < -0.4 is 4.74 Å². The third kappa shape index (κ3) is 3.85. The van der Waals surface area contributed by atoms with E-state index in [1.165, 1.54) is 0 Å².